The van der Waals surface area contributed by atoms with Gasteiger partial charge in [0.25, 0.3) is 0 Å². The third-order valence-corrected chi connectivity index (χ3v) is 10.2. The lowest BCUT2D eigenvalue weighted by Gasteiger charge is -2.26. The molecule has 0 atom stereocenters. The first kappa shape index (κ1) is 35.7. The van der Waals surface area contributed by atoms with Crippen LogP contribution in [-0.2, 0) is 0 Å². The molecule has 0 radical (unpaired) electrons. The Morgan fingerprint density at radius 2 is 0.774 bits per heavy atom. The highest BCUT2D eigenvalue weighted by Gasteiger charge is 2.20. The standard InChI is InChI=1S/C48H51N5/c1-32(2)41-22-14-23-42(33(3)4)47(41)51-28-45(49-30-51)36-16-12-20-39(26-36)53(38-18-10-9-11-19-38)40-21-13-17-37(27-40)46-29-52(31-50-46)48-43(34(5)6)24-15-25-44(48)35(7)8/h9-35H,1-8H3. The summed E-state index contributed by atoms with van der Waals surface area (Å²) in [6.45, 7) is 18.1. The van der Waals surface area contributed by atoms with Crippen LogP contribution in [0.2, 0.25) is 0 Å². The van der Waals surface area contributed by atoms with E-state index >= 15 is 0 Å². The molecule has 0 fully saturated rings. The fourth-order valence-electron chi connectivity index (χ4n) is 7.44. The van der Waals surface area contributed by atoms with Crippen LogP contribution in [0.3, 0.4) is 0 Å². The van der Waals surface area contributed by atoms with Gasteiger partial charge in [-0.25, -0.2) is 9.97 Å². The highest BCUT2D eigenvalue weighted by molar-refractivity contribution is 5.81. The quantitative estimate of drug-likeness (QED) is 0.135. The zero-order chi connectivity index (χ0) is 37.2. The maximum absolute atomic E-state index is 4.96. The average molecular weight is 698 g/mol. The molecule has 0 aliphatic rings. The minimum Gasteiger partial charge on any atom is -0.310 e. The number of hydrogen-bond donors (Lipinski definition) is 0. The number of rotatable bonds is 11. The van der Waals surface area contributed by atoms with Crippen molar-refractivity contribution in [1.82, 2.24) is 19.1 Å². The summed E-state index contributed by atoms with van der Waals surface area (Å²) in [5.74, 6) is 1.59. The molecule has 0 bridgehead atoms. The third-order valence-electron chi connectivity index (χ3n) is 10.2. The Kier molecular flexibility index (Phi) is 10.2. The second-order valence-electron chi connectivity index (χ2n) is 15.3. The van der Waals surface area contributed by atoms with Gasteiger partial charge in [-0.2, -0.15) is 0 Å². The summed E-state index contributed by atoms with van der Waals surface area (Å²) < 4.78 is 4.43. The number of para-hydroxylation sites is 3. The van der Waals surface area contributed by atoms with E-state index in [1.165, 1.54) is 33.6 Å². The van der Waals surface area contributed by atoms with E-state index in [-0.39, 0.29) is 0 Å². The summed E-state index contributed by atoms with van der Waals surface area (Å²) in [7, 11) is 0. The molecule has 5 aromatic carbocycles. The molecule has 0 aliphatic heterocycles. The predicted octanol–water partition coefficient (Wildman–Crippen LogP) is 13.4. The van der Waals surface area contributed by atoms with Gasteiger partial charge in [-0.15, -0.1) is 0 Å². The molecule has 0 unspecified atom stereocenters. The number of hydrogen-bond acceptors (Lipinski definition) is 3. The zero-order valence-corrected chi connectivity index (χ0v) is 32.3. The van der Waals surface area contributed by atoms with Crippen LogP contribution in [0.4, 0.5) is 17.1 Å². The second-order valence-corrected chi connectivity index (χ2v) is 15.3. The minimum atomic E-state index is 0.398. The van der Waals surface area contributed by atoms with Gasteiger partial charge in [0, 0.05) is 40.6 Å². The van der Waals surface area contributed by atoms with Crippen molar-refractivity contribution >= 4 is 17.1 Å². The van der Waals surface area contributed by atoms with E-state index < -0.39 is 0 Å². The Bertz CT molecular complexity index is 2120. The Balaban J connectivity index is 1.28. The van der Waals surface area contributed by atoms with Crippen LogP contribution in [0, 0.1) is 0 Å². The first-order chi connectivity index (χ1) is 25.6. The van der Waals surface area contributed by atoms with Gasteiger partial charge in [-0.3, -0.25) is 0 Å². The van der Waals surface area contributed by atoms with Gasteiger partial charge < -0.3 is 14.0 Å². The molecule has 0 N–H and O–H groups in total. The van der Waals surface area contributed by atoms with E-state index in [1.54, 1.807) is 0 Å². The van der Waals surface area contributed by atoms with Gasteiger partial charge in [0.2, 0.25) is 0 Å². The molecule has 2 heterocycles. The molecule has 2 aromatic heterocycles. The van der Waals surface area contributed by atoms with Gasteiger partial charge in [-0.1, -0.05) is 134 Å². The van der Waals surface area contributed by atoms with Gasteiger partial charge in [0.15, 0.2) is 0 Å². The van der Waals surface area contributed by atoms with Crippen LogP contribution in [0.1, 0.15) is 101 Å². The zero-order valence-electron chi connectivity index (χ0n) is 32.3. The number of benzene rings is 5. The molecule has 7 aromatic rings. The van der Waals surface area contributed by atoms with Crippen molar-refractivity contribution < 1.29 is 0 Å². The minimum absolute atomic E-state index is 0.398. The van der Waals surface area contributed by atoms with Crippen molar-refractivity contribution in [3.8, 4) is 33.9 Å². The Labute approximate surface area is 315 Å². The van der Waals surface area contributed by atoms with Gasteiger partial charge in [0.05, 0.1) is 35.4 Å². The van der Waals surface area contributed by atoms with Crippen molar-refractivity contribution in [3.63, 3.8) is 0 Å². The summed E-state index contributed by atoms with van der Waals surface area (Å²) in [6, 6.07) is 41.3. The van der Waals surface area contributed by atoms with Crippen molar-refractivity contribution in [3.05, 3.63) is 163 Å². The maximum atomic E-state index is 4.96. The lowest BCUT2D eigenvalue weighted by molar-refractivity contribution is 0.805. The van der Waals surface area contributed by atoms with E-state index in [1.807, 2.05) is 12.7 Å². The lowest BCUT2D eigenvalue weighted by atomic mass is 9.92. The van der Waals surface area contributed by atoms with E-state index in [2.05, 4.69) is 197 Å². The maximum Gasteiger partial charge on any atom is 0.0999 e. The molecule has 0 saturated heterocycles. The van der Waals surface area contributed by atoms with Crippen LogP contribution in [0.25, 0.3) is 33.9 Å². The molecular weight excluding hydrogens is 647 g/mol. The Morgan fingerprint density at radius 1 is 0.415 bits per heavy atom. The highest BCUT2D eigenvalue weighted by Crippen LogP contribution is 2.39. The topological polar surface area (TPSA) is 38.9 Å². The lowest BCUT2D eigenvalue weighted by Crippen LogP contribution is -2.10. The van der Waals surface area contributed by atoms with Gasteiger partial charge in [-0.05, 0) is 82.3 Å². The SMILES string of the molecule is CC(C)c1cccc(C(C)C)c1-n1cnc(-c2cccc(N(c3ccccc3)c3cccc(-c4cn(-c5c(C(C)C)cccc5C(C)C)cn4)c3)c2)c1. The summed E-state index contributed by atoms with van der Waals surface area (Å²) in [4.78, 5) is 12.2. The van der Waals surface area contributed by atoms with Crippen LogP contribution in [0.15, 0.2) is 140 Å². The van der Waals surface area contributed by atoms with Crippen molar-refractivity contribution in [2.24, 2.45) is 0 Å². The smallest absolute Gasteiger partial charge is 0.0999 e. The van der Waals surface area contributed by atoms with E-state index in [0.717, 1.165) is 39.6 Å². The van der Waals surface area contributed by atoms with Gasteiger partial charge >= 0.3 is 0 Å². The van der Waals surface area contributed by atoms with E-state index in [9.17, 15) is 0 Å². The van der Waals surface area contributed by atoms with Crippen LogP contribution in [-0.4, -0.2) is 19.1 Å². The molecule has 0 amide bonds. The molecule has 5 nitrogen and oxygen atoms in total. The Morgan fingerprint density at radius 3 is 1.15 bits per heavy atom. The van der Waals surface area contributed by atoms with E-state index in [0.29, 0.717) is 23.7 Å². The fourth-order valence-corrected chi connectivity index (χ4v) is 7.44. The van der Waals surface area contributed by atoms with Gasteiger partial charge in [0.1, 0.15) is 0 Å². The first-order valence-corrected chi connectivity index (χ1v) is 19.0. The third kappa shape index (κ3) is 7.21. The fraction of sp³-hybridized carbons (Fsp3) is 0.250. The average Bonchev–Trinajstić information content (AvgIpc) is 3.86. The van der Waals surface area contributed by atoms with E-state index in [4.69, 9.17) is 9.97 Å². The number of aromatic nitrogens is 4. The molecule has 53 heavy (non-hydrogen) atoms. The molecule has 7 rings (SSSR count). The second kappa shape index (κ2) is 15.1. The van der Waals surface area contributed by atoms with Crippen molar-refractivity contribution in [2.45, 2.75) is 79.1 Å². The summed E-state index contributed by atoms with van der Waals surface area (Å²) in [6.07, 6.45) is 8.29. The Hall–Kier alpha value is -5.68. The summed E-state index contributed by atoms with van der Waals surface area (Å²) >= 11 is 0. The van der Waals surface area contributed by atoms with Crippen LogP contribution >= 0.6 is 0 Å². The summed E-state index contributed by atoms with van der Waals surface area (Å²) in [5.41, 5.74) is 15.0. The largest absolute Gasteiger partial charge is 0.310 e. The van der Waals surface area contributed by atoms with Crippen molar-refractivity contribution in [2.75, 3.05) is 4.90 Å². The molecule has 0 aliphatic carbocycles. The monoisotopic (exact) mass is 697 g/mol. The number of imidazole rings is 2. The van der Waals surface area contributed by atoms with Crippen LogP contribution < -0.4 is 4.90 Å². The number of anilines is 3. The molecule has 0 saturated carbocycles. The normalized spacial score (nSPS) is 11.7. The molecule has 5 heteroatoms. The highest BCUT2D eigenvalue weighted by atomic mass is 15.1. The molecule has 0 spiro atoms. The summed E-state index contributed by atoms with van der Waals surface area (Å²) in [5, 5.41) is 0. The van der Waals surface area contributed by atoms with Crippen molar-refractivity contribution in [1.29, 1.82) is 0 Å². The molecular formula is C48H51N5. The first-order valence-electron chi connectivity index (χ1n) is 19.0. The predicted molar refractivity (Wildman–Crippen MR) is 223 cm³/mol. The van der Waals surface area contributed by atoms with Crippen LogP contribution in [0.5, 0.6) is 0 Å². The molecule has 268 valence electrons. The number of nitrogens with zero attached hydrogens (tertiary/aromatic N) is 5.